The zero-order chi connectivity index (χ0) is 24.2. The number of methoxy groups -OCH3 is 1. The standard InChI is InChI=1S/C28H29ClN4O2/c1-35-24-4-2-3-21(16-24)25-17-31-28(20-7-11-30-12-8-20)32-27(25)19-9-13-33(14-10-19)18-22-15-23(29)5-6-26(22)34/h2-8,11,15-17,19,30,34H,9-10,12-14,18H2,1H3. The maximum Gasteiger partial charge on any atom is 0.159 e. The first kappa shape index (κ1) is 23.4. The summed E-state index contributed by atoms with van der Waals surface area (Å²) in [5.74, 6) is 2.18. The van der Waals surface area contributed by atoms with Gasteiger partial charge in [0.2, 0.25) is 0 Å². The Morgan fingerprint density at radius 2 is 2.03 bits per heavy atom. The summed E-state index contributed by atoms with van der Waals surface area (Å²) in [5, 5.41) is 14.1. The summed E-state index contributed by atoms with van der Waals surface area (Å²) >= 11 is 6.15. The Morgan fingerprint density at radius 1 is 1.17 bits per heavy atom. The Kier molecular flexibility index (Phi) is 7.02. The monoisotopic (exact) mass is 488 g/mol. The van der Waals surface area contributed by atoms with Gasteiger partial charge in [0, 0.05) is 46.9 Å². The number of nitrogens with one attached hydrogen (secondary N) is 1. The van der Waals surface area contributed by atoms with Crippen LogP contribution < -0.4 is 10.1 Å². The van der Waals surface area contributed by atoms with E-state index in [1.54, 1.807) is 19.2 Å². The number of allylic oxidation sites excluding steroid dienone is 2. The summed E-state index contributed by atoms with van der Waals surface area (Å²) in [7, 11) is 1.68. The number of benzene rings is 2. The van der Waals surface area contributed by atoms with E-state index in [4.69, 9.17) is 26.3 Å². The molecule has 0 aliphatic carbocycles. The van der Waals surface area contributed by atoms with Crippen molar-refractivity contribution in [2.75, 3.05) is 26.7 Å². The molecule has 7 heteroatoms. The third-order valence-electron chi connectivity index (χ3n) is 6.69. The van der Waals surface area contributed by atoms with Gasteiger partial charge >= 0.3 is 0 Å². The van der Waals surface area contributed by atoms with Crippen LogP contribution in [0.5, 0.6) is 11.5 Å². The number of phenols is 1. The molecule has 0 spiro atoms. The number of dihydropyridines is 1. The fourth-order valence-electron chi connectivity index (χ4n) is 4.76. The molecule has 2 N–H and O–H groups in total. The Bertz CT molecular complexity index is 1270. The summed E-state index contributed by atoms with van der Waals surface area (Å²) in [6, 6.07) is 13.3. The van der Waals surface area contributed by atoms with Crippen molar-refractivity contribution >= 4 is 17.2 Å². The summed E-state index contributed by atoms with van der Waals surface area (Å²) in [5.41, 5.74) is 5.10. The largest absolute Gasteiger partial charge is 0.508 e. The highest BCUT2D eigenvalue weighted by Gasteiger charge is 2.26. The molecule has 5 rings (SSSR count). The van der Waals surface area contributed by atoms with E-state index >= 15 is 0 Å². The molecule has 1 fully saturated rings. The van der Waals surface area contributed by atoms with Crippen LogP contribution in [0.15, 0.2) is 67.0 Å². The van der Waals surface area contributed by atoms with Crippen molar-refractivity contribution in [1.82, 2.24) is 20.2 Å². The molecule has 1 saturated heterocycles. The molecule has 6 nitrogen and oxygen atoms in total. The van der Waals surface area contributed by atoms with E-state index in [9.17, 15) is 5.11 Å². The molecule has 3 heterocycles. The van der Waals surface area contributed by atoms with Crippen LogP contribution in [-0.2, 0) is 6.54 Å². The van der Waals surface area contributed by atoms with Crippen LogP contribution >= 0.6 is 11.6 Å². The predicted molar refractivity (Wildman–Crippen MR) is 140 cm³/mol. The fourth-order valence-corrected chi connectivity index (χ4v) is 4.96. The van der Waals surface area contributed by atoms with E-state index in [1.165, 1.54) is 0 Å². The molecule has 180 valence electrons. The number of aromatic nitrogens is 2. The van der Waals surface area contributed by atoms with Gasteiger partial charge in [-0.3, -0.25) is 4.90 Å². The molecule has 1 aromatic heterocycles. The number of aromatic hydroxyl groups is 1. The Hall–Kier alpha value is -3.35. The molecule has 0 unspecified atom stereocenters. The van der Waals surface area contributed by atoms with Crippen LogP contribution in [0, 0.1) is 0 Å². The number of ether oxygens (including phenoxy) is 1. The van der Waals surface area contributed by atoms with Crippen molar-refractivity contribution < 1.29 is 9.84 Å². The summed E-state index contributed by atoms with van der Waals surface area (Å²) in [6.45, 7) is 3.29. The van der Waals surface area contributed by atoms with Gasteiger partial charge in [0.05, 0.1) is 12.8 Å². The first-order chi connectivity index (χ1) is 17.1. The summed E-state index contributed by atoms with van der Waals surface area (Å²) < 4.78 is 5.47. The number of hydrogen-bond donors (Lipinski definition) is 2. The molecule has 0 saturated carbocycles. The Balaban J connectivity index is 1.41. The minimum atomic E-state index is 0.292. The van der Waals surface area contributed by atoms with Crippen molar-refractivity contribution in [3.8, 4) is 22.6 Å². The Morgan fingerprint density at radius 3 is 2.80 bits per heavy atom. The highest BCUT2D eigenvalue weighted by molar-refractivity contribution is 6.30. The van der Waals surface area contributed by atoms with Gasteiger partial charge in [0.15, 0.2) is 5.82 Å². The van der Waals surface area contributed by atoms with Gasteiger partial charge in [-0.05, 0) is 74.1 Å². The maximum absolute atomic E-state index is 10.2. The lowest BCUT2D eigenvalue weighted by molar-refractivity contribution is 0.201. The van der Waals surface area contributed by atoms with Crippen LogP contribution in [0.4, 0.5) is 0 Å². The van der Waals surface area contributed by atoms with Crippen LogP contribution in [0.2, 0.25) is 5.02 Å². The highest BCUT2D eigenvalue weighted by Crippen LogP contribution is 2.36. The van der Waals surface area contributed by atoms with Crippen molar-refractivity contribution in [1.29, 1.82) is 0 Å². The molecular weight excluding hydrogens is 460 g/mol. The second-order valence-electron chi connectivity index (χ2n) is 8.95. The molecule has 2 aliphatic rings. The molecule has 0 bridgehead atoms. The van der Waals surface area contributed by atoms with E-state index in [0.29, 0.717) is 23.2 Å². The van der Waals surface area contributed by atoms with Crippen LogP contribution in [-0.4, -0.2) is 46.7 Å². The van der Waals surface area contributed by atoms with E-state index in [-0.39, 0.29) is 0 Å². The normalized spacial score (nSPS) is 16.6. The SMILES string of the molecule is COc1cccc(-c2cnc(C3=CCNC=C3)nc2C2CCN(Cc3cc(Cl)ccc3O)CC2)c1. The summed E-state index contributed by atoms with van der Waals surface area (Å²) in [4.78, 5) is 12.2. The van der Waals surface area contributed by atoms with Gasteiger partial charge in [-0.2, -0.15) is 0 Å². The average molecular weight is 489 g/mol. The minimum absolute atomic E-state index is 0.292. The molecule has 35 heavy (non-hydrogen) atoms. The number of rotatable bonds is 6. The first-order valence-corrected chi connectivity index (χ1v) is 12.3. The third kappa shape index (κ3) is 5.34. The van der Waals surface area contributed by atoms with Gasteiger partial charge in [-0.25, -0.2) is 9.97 Å². The van der Waals surface area contributed by atoms with Crippen molar-refractivity contribution in [2.45, 2.75) is 25.3 Å². The van der Waals surface area contributed by atoms with E-state index in [1.807, 2.05) is 42.7 Å². The molecule has 2 aliphatic heterocycles. The second-order valence-corrected chi connectivity index (χ2v) is 9.39. The van der Waals surface area contributed by atoms with Crippen LogP contribution in [0.3, 0.4) is 0 Å². The topological polar surface area (TPSA) is 70.5 Å². The second kappa shape index (κ2) is 10.5. The van der Waals surface area contributed by atoms with Crippen molar-refractivity contribution in [2.24, 2.45) is 0 Å². The quantitative estimate of drug-likeness (QED) is 0.484. The summed E-state index contributed by atoms with van der Waals surface area (Å²) in [6.07, 6.45) is 9.99. The minimum Gasteiger partial charge on any atom is -0.508 e. The zero-order valence-electron chi connectivity index (χ0n) is 19.7. The Labute approximate surface area is 210 Å². The lowest BCUT2D eigenvalue weighted by Gasteiger charge is -2.32. The van der Waals surface area contributed by atoms with Crippen molar-refractivity contribution in [3.05, 3.63) is 89.1 Å². The molecule has 3 aromatic rings. The zero-order valence-corrected chi connectivity index (χ0v) is 20.5. The lowest BCUT2D eigenvalue weighted by Crippen LogP contribution is -2.33. The lowest BCUT2D eigenvalue weighted by atomic mass is 9.88. The highest BCUT2D eigenvalue weighted by atomic mass is 35.5. The smallest absolute Gasteiger partial charge is 0.159 e. The number of phenolic OH excluding ortho intramolecular Hbond substituents is 1. The average Bonchev–Trinajstić information content (AvgIpc) is 2.91. The number of hydrogen-bond acceptors (Lipinski definition) is 6. The van der Waals surface area contributed by atoms with Gasteiger partial charge in [0.1, 0.15) is 11.5 Å². The molecule has 0 atom stereocenters. The predicted octanol–water partition coefficient (Wildman–Crippen LogP) is 5.39. The number of nitrogens with zero attached hydrogens (tertiary/aromatic N) is 3. The molecule has 0 radical (unpaired) electrons. The van der Waals surface area contributed by atoms with Crippen LogP contribution in [0.25, 0.3) is 16.7 Å². The van der Waals surface area contributed by atoms with E-state index in [2.05, 4.69) is 22.4 Å². The molecule has 0 amide bonds. The van der Waals surface area contributed by atoms with Gasteiger partial charge < -0.3 is 15.2 Å². The number of halogens is 1. The third-order valence-corrected chi connectivity index (χ3v) is 6.92. The number of likely N-dealkylation sites (tertiary alicyclic amines) is 1. The van der Waals surface area contributed by atoms with Gasteiger partial charge in [-0.15, -0.1) is 0 Å². The fraction of sp³-hybridized carbons (Fsp3) is 0.286. The number of piperidine rings is 1. The van der Waals surface area contributed by atoms with Crippen molar-refractivity contribution in [3.63, 3.8) is 0 Å². The first-order valence-electron chi connectivity index (χ1n) is 11.9. The maximum atomic E-state index is 10.2. The van der Waals surface area contributed by atoms with Crippen LogP contribution in [0.1, 0.15) is 35.8 Å². The molecular formula is C28H29ClN4O2. The van der Waals surface area contributed by atoms with Gasteiger partial charge in [0.25, 0.3) is 0 Å². The van der Waals surface area contributed by atoms with Gasteiger partial charge in [-0.1, -0.05) is 29.8 Å². The van der Waals surface area contributed by atoms with E-state index in [0.717, 1.165) is 72.0 Å². The van der Waals surface area contributed by atoms with E-state index < -0.39 is 0 Å². The molecule has 2 aromatic carbocycles.